The van der Waals surface area contributed by atoms with E-state index in [0.717, 1.165) is 41.6 Å². The number of nitrogens with one attached hydrogen (secondary N) is 1. The zero-order valence-electron chi connectivity index (χ0n) is 12.4. The molecule has 116 valence electrons. The summed E-state index contributed by atoms with van der Waals surface area (Å²) in [5.74, 6) is 0.998. The SMILES string of the molecule is CCCC1=Nc2ccccc2CN(c2ccc(Cl)cc2)N1.Cl. The molecular formula is C17H19Cl2N3. The number of para-hydroxylation sites is 1. The first kappa shape index (κ1) is 16.7. The molecule has 0 bridgehead atoms. The van der Waals surface area contributed by atoms with Gasteiger partial charge in [0.1, 0.15) is 5.84 Å². The maximum Gasteiger partial charge on any atom is 0.121 e. The molecule has 3 rings (SSSR count). The standard InChI is InChI=1S/C17H18ClN3.ClH/c1-2-5-17-19-16-7-4-3-6-13(16)12-21(20-17)15-10-8-14(18)9-11-15;/h3-4,6-11H,2,5,12H2,1H3,(H,19,20);1H. The van der Waals surface area contributed by atoms with Gasteiger partial charge in [0, 0.05) is 11.4 Å². The molecule has 0 fully saturated rings. The summed E-state index contributed by atoms with van der Waals surface area (Å²) in [6, 6.07) is 16.1. The molecular weight excluding hydrogens is 317 g/mol. The van der Waals surface area contributed by atoms with Crippen LogP contribution in [0.15, 0.2) is 53.5 Å². The fraction of sp³-hybridized carbons (Fsp3) is 0.235. The van der Waals surface area contributed by atoms with Gasteiger partial charge >= 0.3 is 0 Å². The molecule has 0 unspecified atom stereocenters. The highest BCUT2D eigenvalue weighted by Gasteiger charge is 2.16. The van der Waals surface area contributed by atoms with Crippen molar-refractivity contribution in [3.63, 3.8) is 0 Å². The Morgan fingerprint density at radius 2 is 1.86 bits per heavy atom. The van der Waals surface area contributed by atoms with Gasteiger partial charge in [-0.25, -0.2) is 4.99 Å². The summed E-state index contributed by atoms with van der Waals surface area (Å²) >= 11 is 5.98. The van der Waals surface area contributed by atoms with Crippen molar-refractivity contribution in [3.05, 3.63) is 59.1 Å². The molecule has 1 N–H and O–H groups in total. The van der Waals surface area contributed by atoms with Crippen LogP contribution in [0.4, 0.5) is 11.4 Å². The molecule has 0 atom stereocenters. The summed E-state index contributed by atoms with van der Waals surface area (Å²) in [7, 11) is 0. The van der Waals surface area contributed by atoms with E-state index in [1.807, 2.05) is 30.3 Å². The molecule has 3 nitrogen and oxygen atoms in total. The maximum absolute atomic E-state index is 5.98. The predicted molar refractivity (Wildman–Crippen MR) is 96.5 cm³/mol. The van der Waals surface area contributed by atoms with E-state index >= 15 is 0 Å². The number of nitrogens with zero attached hydrogens (tertiary/aromatic N) is 2. The summed E-state index contributed by atoms with van der Waals surface area (Å²) in [6.07, 6.45) is 1.99. The number of halogens is 2. The third kappa shape index (κ3) is 3.73. The minimum absolute atomic E-state index is 0. The van der Waals surface area contributed by atoms with Gasteiger partial charge in [-0.05, 0) is 42.3 Å². The van der Waals surface area contributed by atoms with Gasteiger partial charge in [0.2, 0.25) is 0 Å². The van der Waals surface area contributed by atoms with Crippen LogP contribution in [0, 0.1) is 0 Å². The number of hydrogen-bond donors (Lipinski definition) is 1. The van der Waals surface area contributed by atoms with Gasteiger partial charge < -0.3 is 0 Å². The van der Waals surface area contributed by atoms with Crippen LogP contribution in [-0.4, -0.2) is 5.84 Å². The van der Waals surface area contributed by atoms with Crippen molar-refractivity contribution in [1.29, 1.82) is 0 Å². The van der Waals surface area contributed by atoms with Gasteiger partial charge in [0.15, 0.2) is 0 Å². The van der Waals surface area contributed by atoms with Crippen LogP contribution in [0.1, 0.15) is 25.3 Å². The van der Waals surface area contributed by atoms with Crippen LogP contribution in [-0.2, 0) is 6.54 Å². The van der Waals surface area contributed by atoms with Crippen molar-refractivity contribution in [2.24, 2.45) is 4.99 Å². The van der Waals surface area contributed by atoms with Gasteiger partial charge in [-0.3, -0.25) is 10.4 Å². The summed E-state index contributed by atoms with van der Waals surface area (Å²) in [5.41, 5.74) is 6.78. The van der Waals surface area contributed by atoms with Crippen LogP contribution >= 0.6 is 24.0 Å². The van der Waals surface area contributed by atoms with Gasteiger partial charge in [0.25, 0.3) is 0 Å². The summed E-state index contributed by atoms with van der Waals surface area (Å²) in [5, 5.41) is 2.87. The average molecular weight is 336 g/mol. The van der Waals surface area contributed by atoms with Gasteiger partial charge in [-0.1, -0.05) is 36.7 Å². The number of fused-ring (bicyclic) bond motifs is 1. The normalized spacial score (nSPS) is 13.4. The third-order valence-corrected chi connectivity index (χ3v) is 3.72. The first-order valence-electron chi connectivity index (χ1n) is 7.21. The Morgan fingerprint density at radius 3 is 2.59 bits per heavy atom. The minimum atomic E-state index is 0. The molecule has 0 saturated carbocycles. The lowest BCUT2D eigenvalue weighted by Gasteiger charge is -2.25. The van der Waals surface area contributed by atoms with Crippen molar-refractivity contribution >= 4 is 41.2 Å². The van der Waals surface area contributed by atoms with E-state index in [0.29, 0.717) is 0 Å². The molecule has 0 radical (unpaired) electrons. The lowest BCUT2D eigenvalue weighted by molar-refractivity contribution is 0.756. The Labute approximate surface area is 142 Å². The van der Waals surface area contributed by atoms with Crippen molar-refractivity contribution in [1.82, 2.24) is 5.43 Å². The number of anilines is 1. The van der Waals surface area contributed by atoms with Crippen LogP contribution in [0.25, 0.3) is 0 Å². The van der Waals surface area contributed by atoms with E-state index in [1.165, 1.54) is 5.56 Å². The highest BCUT2D eigenvalue weighted by Crippen LogP contribution is 2.26. The lowest BCUT2D eigenvalue weighted by Crippen LogP contribution is -2.40. The third-order valence-electron chi connectivity index (χ3n) is 3.46. The Morgan fingerprint density at radius 1 is 1.14 bits per heavy atom. The van der Waals surface area contributed by atoms with Crippen LogP contribution in [0.3, 0.4) is 0 Å². The molecule has 0 aliphatic carbocycles. The van der Waals surface area contributed by atoms with E-state index in [9.17, 15) is 0 Å². The van der Waals surface area contributed by atoms with Crippen molar-refractivity contribution in [3.8, 4) is 0 Å². The van der Waals surface area contributed by atoms with Gasteiger partial charge in [-0.15, -0.1) is 12.4 Å². The highest BCUT2D eigenvalue weighted by atomic mass is 35.5. The number of amidine groups is 1. The molecule has 1 heterocycles. The number of hydrazine groups is 1. The van der Waals surface area contributed by atoms with Gasteiger partial charge in [0.05, 0.1) is 17.9 Å². The predicted octanol–water partition coefficient (Wildman–Crippen LogP) is 5.12. The molecule has 2 aromatic rings. The second-order valence-corrected chi connectivity index (χ2v) is 5.55. The van der Waals surface area contributed by atoms with E-state index in [4.69, 9.17) is 16.6 Å². The van der Waals surface area contributed by atoms with Crippen LogP contribution in [0.2, 0.25) is 5.02 Å². The Balaban J connectivity index is 0.00000176. The van der Waals surface area contributed by atoms with Crippen LogP contribution < -0.4 is 10.4 Å². The Bertz CT molecular complexity index is 653. The Hall–Kier alpha value is -1.71. The topological polar surface area (TPSA) is 27.6 Å². The van der Waals surface area contributed by atoms with E-state index in [-0.39, 0.29) is 12.4 Å². The molecule has 0 aromatic heterocycles. The summed E-state index contributed by atoms with van der Waals surface area (Å²) in [4.78, 5) is 4.76. The molecule has 5 heteroatoms. The van der Waals surface area contributed by atoms with E-state index in [1.54, 1.807) is 0 Å². The first-order chi connectivity index (χ1) is 10.3. The highest BCUT2D eigenvalue weighted by molar-refractivity contribution is 6.30. The second-order valence-electron chi connectivity index (χ2n) is 5.11. The number of aliphatic imine (C=N–C) groups is 1. The number of rotatable bonds is 3. The van der Waals surface area contributed by atoms with Crippen molar-refractivity contribution in [2.75, 3.05) is 5.01 Å². The number of hydrogen-bond acceptors (Lipinski definition) is 3. The minimum Gasteiger partial charge on any atom is -0.285 e. The summed E-state index contributed by atoms with van der Waals surface area (Å²) in [6.45, 7) is 2.93. The molecule has 2 aromatic carbocycles. The maximum atomic E-state index is 5.98. The molecule has 22 heavy (non-hydrogen) atoms. The monoisotopic (exact) mass is 335 g/mol. The molecule has 0 amide bonds. The van der Waals surface area contributed by atoms with E-state index in [2.05, 4.69) is 35.6 Å². The van der Waals surface area contributed by atoms with Crippen LogP contribution in [0.5, 0.6) is 0 Å². The zero-order chi connectivity index (χ0) is 14.7. The molecule has 1 aliphatic heterocycles. The zero-order valence-corrected chi connectivity index (χ0v) is 14.0. The quantitative estimate of drug-likeness (QED) is 0.843. The smallest absolute Gasteiger partial charge is 0.121 e. The fourth-order valence-electron chi connectivity index (χ4n) is 2.42. The average Bonchev–Trinajstić information content (AvgIpc) is 2.67. The first-order valence-corrected chi connectivity index (χ1v) is 7.59. The van der Waals surface area contributed by atoms with E-state index < -0.39 is 0 Å². The molecule has 0 spiro atoms. The largest absolute Gasteiger partial charge is 0.285 e. The number of benzene rings is 2. The molecule has 0 saturated heterocycles. The van der Waals surface area contributed by atoms with Gasteiger partial charge in [-0.2, -0.15) is 0 Å². The fourth-order valence-corrected chi connectivity index (χ4v) is 2.54. The second kappa shape index (κ2) is 7.52. The van der Waals surface area contributed by atoms with Crippen molar-refractivity contribution < 1.29 is 0 Å². The lowest BCUT2D eigenvalue weighted by atomic mass is 10.1. The molecule has 1 aliphatic rings. The Kier molecular flexibility index (Phi) is 5.69. The van der Waals surface area contributed by atoms with Crippen molar-refractivity contribution in [2.45, 2.75) is 26.3 Å². The summed E-state index contributed by atoms with van der Waals surface area (Å²) < 4.78 is 0.